The van der Waals surface area contributed by atoms with Crippen molar-refractivity contribution < 1.29 is 12.8 Å². The topological polar surface area (TPSA) is 46.2 Å². The molecule has 0 bridgehead atoms. The molecule has 0 unspecified atom stereocenters. The molecule has 5 heteroatoms. The molecule has 0 heterocycles. The number of hydrogen-bond donors (Lipinski definition) is 1. The number of hydrogen-bond acceptors (Lipinski definition) is 3. The zero-order valence-corrected chi connectivity index (χ0v) is 9.85. The summed E-state index contributed by atoms with van der Waals surface area (Å²) in [5.74, 6) is -0.447. The first-order valence-electron chi connectivity index (χ1n) is 5.21. The highest BCUT2D eigenvalue weighted by atomic mass is 32.2. The van der Waals surface area contributed by atoms with E-state index in [1.165, 1.54) is 18.2 Å². The summed E-state index contributed by atoms with van der Waals surface area (Å²) >= 11 is 0. The molecule has 0 aliphatic heterocycles. The minimum absolute atomic E-state index is 0.0667. The van der Waals surface area contributed by atoms with Gasteiger partial charge in [0.1, 0.15) is 11.7 Å². The maximum atomic E-state index is 13.0. The number of nitrogens with one attached hydrogen (secondary N) is 1. The SMILES string of the molecule is Cc1cc(S(=O)(=O)CNC2CC2)ccc1F. The number of benzene rings is 1. The Hall–Kier alpha value is -0.940. The van der Waals surface area contributed by atoms with Crippen LogP contribution in [-0.2, 0) is 9.84 Å². The first-order chi connectivity index (χ1) is 7.49. The summed E-state index contributed by atoms with van der Waals surface area (Å²) in [4.78, 5) is 0.180. The molecule has 1 fully saturated rings. The minimum atomic E-state index is -3.33. The highest BCUT2D eigenvalue weighted by Crippen LogP contribution is 2.20. The van der Waals surface area contributed by atoms with Crippen LogP contribution >= 0.6 is 0 Å². The lowest BCUT2D eigenvalue weighted by Crippen LogP contribution is -2.25. The zero-order valence-electron chi connectivity index (χ0n) is 9.03. The minimum Gasteiger partial charge on any atom is -0.301 e. The first kappa shape index (κ1) is 11.5. The van der Waals surface area contributed by atoms with Crippen LogP contribution in [0.1, 0.15) is 18.4 Å². The first-order valence-corrected chi connectivity index (χ1v) is 6.86. The van der Waals surface area contributed by atoms with E-state index in [-0.39, 0.29) is 16.6 Å². The molecule has 2 rings (SSSR count). The van der Waals surface area contributed by atoms with Gasteiger partial charge in [-0.15, -0.1) is 0 Å². The van der Waals surface area contributed by atoms with Crippen molar-refractivity contribution >= 4 is 9.84 Å². The summed E-state index contributed by atoms with van der Waals surface area (Å²) in [6.45, 7) is 1.56. The van der Waals surface area contributed by atoms with Gasteiger partial charge in [-0.3, -0.25) is 0 Å². The molecule has 1 aromatic rings. The van der Waals surface area contributed by atoms with Gasteiger partial charge >= 0.3 is 0 Å². The van der Waals surface area contributed by atoms with Crippen molar-refractivity contribution in [3.63, 3.8) is 0 Å². The maximum absolute atomic E-state index is 13.0. The van der Waals surface area contributed by atoms with Crippen LogP contribution in [0.2, 0.25) is 0 Å². The van der Waals surface area contributed by atoms with Crippen molar-refractivity contribution in [3.05, 3.63) is 29.6 Å². The van der Waals surface area contributed by atoms with E-state index in [2.05, 4.69) is 5.32 Å². The third kappa shape index (κ3) is 2.59. The van der Waals surface area contributed by atoms with Gasteiger partial charge in [0.25, 0.3) is 0 Å². The van der Waals surface area contributed by atoms with Crippen LogP contribution in [0.4, 0.5) is 4.39 Å². The molecule has 1 saturated carbocycles. The molecule has 0 spiro atoms. The van der Waals surface area contributed by atoms with Crippen molar-refractivity contribution in [2.75, 3.05) is 5.88 Å². The summed E-state index contributed by atoms with van der Waals surface area (Å²) in [7, 11) is -3.33. The van der Waals surface area contributed by atoms with Gasteiger partial charge in [0.15, 0.2) is 9.84 Å². The smallest absolute Gasteiger partial charge is 0.191 e. The van der Waals surface area contributed by atoms with Crippen LogP contribution in [0.3, 0.4) is 0 Å². The van der Waals surface area contributed by atoms with Crippen LogP contribution in [0.25, 0.3) is 0 Å². The second-order valence-corrected chi connectivity index (χ2v) is 6.14. The Labute approximate surface area is 94.6 Å². The van der Waals surface area contributed by atoms with Gasteiger partial charge in [-0.25, -0.2) is 12.8 Å². The van der Waals surface area contributed by atoms with E-state index in [1.54, 1.807) is 6.92 Å². The van der Waals surface area contributed by atoms with Crippen molar-refractivity contribution in [2.24, 2.45) is 0 Å². The maximum Gasteiger partial charge on any atom is 0.191 e. The van der Waals surface area contributed by atoms with E-state index < -0.39 is 9.84 Å². The Kier molecular flexibility index (Phi) is 2.99. The van der Waals surface area contributed by atoms with Crippen molar-refractivity contribution in [1.29, 1.82) is 0 Å². The zero-order chi connectivity index (χ0) is 11.8. The predicted molar refractivity (Wildman–Crippen MR) is 59.3 cm³/mol. The lowest BCUT2D eigenvalue weighted by atomic mass is 10.2. The van der Waals surface area contributed by atoms with Gasteiger partial charge in [0.05, 0.1) is 4.90 Å². The molecule has 0 aromatic heterocycles. The second-order valence-electron chi connectivity index (χ2n) is 4.15. The Morgan fingerprint density at radius 1 is 1.44 bits per heavy atom. The third-order valence-corrected chi connectivity index (χ3v) is 4.15. The summed E-state index contributed by atoms with van der Waals surface area (Å²) in [5.41, 5.74) is 0.354. The van der Waals surface area contributed by atoms with Crippen LogP contribution in [0.15, 0.2) is 23.1 Å². The number of rotatable bonds is 4. The molecular formula is C11H14FNO2S. The Bertz CT molecular complexity index is 495. The van der Waals surface area contributed by atoms with Crippen molar-refractivity contribution in [1.82, 2.24) is 5.32 Å². The van der Waals surface area contributed by atoms with Gasteiger partial charge < -0.3 is 5.32 Å². The number of halogens is 1. The Morgan fingerprint density at radius 2 is 2.12 bits per heavy atom. The second kappa shape index (κ2) is 4.14. The molecule has 1 aliphatic rings. The van der Waals surface area contributed by atoms with E-state index in [0.717, 1.165) is 12.8 Å². The number of sulfone groups is 1. The molecule has 1 N–H and O–H groups in total. The Morgan fingerprint density at radius 3 is 2.69 bits per heavy atom. The summed E-state index contributed by atoms with van der Waals surface area (Å²) in [6.07, 6.45) is 2.08. The van der Waals surface area contributed by atoms with E-state index >= 15 is 0 Å². The molecule has 3 nitrogen and oxygen atoms in total. The van der Waals surface area contributed by atoms with Gasteiger partial charge in [-0.2, -0.15) is 0 Å². The monoisotopic (exact) mass is 243 g/mol. The van der Waals surface area contributed by atoms with Crippen LogP contribution < -0.4 is 5.32 Å². The van der Waals surface area contributed by atoms with Gasteiger partial charge in [0.2, 0.25) is 0 Å². The van der Waals surface area contributed by atoms with Crippen LogP contribution in [0.5, 0.6) is 0 Å². The fourth-order valence-electron chi connectivity index (χ4n) is 1.41. The summed E-state index contributed by atoms with van der Waals surface area (Å²) < 4.78 is 36.7. The molecule has 0 radical (unpaired) electrons. The fraction of sp³-hybridized carbons (Fsp3) is 0.455. The van der Waals surface area contributed by atoms with E-state index in [1.807, 2.05) is 0 Å². The van der Waals surface area contributed by atoms with Gasteiger partial charge in [-0.05, 0) is 43.5 Å². The molecule has 1 aliphatic carbocycles. The lowest BCUT2D eigenvalue weighted by molar-refractivity contribution is 0.584. The van der Waals surface area contributed by atoms with E-state index in [0.29, 0.717) is 11.6 Å². The molecule has 16 heavy (non-hydrogen) atoms. The fourth-order valence-corrected chi connectivity index (χ4v) is 2.66. The van der Waals surface area contributed by atoms with Crippen LogP contribution in [0, 0.1) is 12.7 Å². The molecular weight excluding hydrogens is 229 g/mol. The molecule has 0 atom stereocenters. The standard InChI is InChI=1S/C11H14FNO2S/c1-8-6-10(4-5-11(8)12)16(14,15)7-13-9-2-3-9/h4-6,9,13H,2-3,7H2,1H3. The van der Waals surface area contributed by atoms with E-state index in [9.17, 15) is 12.8 Å². The summed E-state index contributed by atoms with van der Waals surface area (Å²) in [5, 5.41) is 2.95. The quantitative estimate of drug-likeness (QED) is 0.817. The predicted octanol–water partition coefficient (Wildman–Crippen LogP) is 1.62. The van der Waals surface area contributed by atoms with Gasteiger partial charge in [0, 0.05) is 6.04 Å². The largest absolute Gasteiger partial charge is 0.301 e. The van der Waals surface area contributed by atoms with Crippen molar-refractivity contribution in [3.8, 4) is 0 Å². The normalized spacial score (nSPS) is 16.4. The summed E-state index contributed by atoms with van der Waals surface area (Å²) in [6, 6.07) is 4.22. The van der Waals surface area contributed by atoms with E-state index in [4.69, 9.17) is 0 Å². The molecule has 1 aromatic carbocycles. The molecule has 0 saturated heterocycles. The highest BCUT2D eigenvalue weighted by Gasteiger charge is 2.24. The average Bonchev–Trinajstić information content (AvgIpc) is 3.03. The van der Waals surface area contributed by atoms with Crippen molar-refractivity contribution in [2.45, 2.75) is 30.7 Å². The molecule has 0 amide bonds. The molecule has 88 valence electrons. The average molecular weight is 243 g/mol. The number of aryl methyl sites for hydroxylation is 1. The Balaban J connectivity index is 2.17. The van der Waals surface area contributed by atoms with Gasteiger partial charge in [-0.1, -0.05) is 0 Å². The highest BCUT2D eigenvalue weighted by molar-refractivity contribution is 7.91. The lowest BCUT2D eigenvalue weighted by Gasteiger charge is -2.06. The third-order valence-electron chi connectivity index (χ3n) is 2.63. The van der Waals surface area contributed by atoms with Crippen LogP contribution in [-0.4, -0.2) is 20.3 Å².